The Morgan fingerprint density at radius 2 is 1.80 bits per heavy atom. The second-order valence-corrected chi connectivity index (χ2v) is 6.95. The molecule has 7 heteroatoms. The Kier molecular flexibility index (Phi) is 4.67. The van der Waals surface area contributed by atoms with Crippen LogP contribution in [0.25, 0.3) is 10.2 Å². The fourth-order valence-corrected chi connectivity index (χ4v) is 3.28. The van der Waals surface area contributed by atoms with Gasteiger partial charge in [0.15, 0.2) is 0 Å². The summed E-state index contributed by atoms with van der Waals surface area (Å²) in [5.41, 5.74) is 8.03. The molecule has 0 spiro atoms. The zero-order chi connectivity index (χ0) is 18.0. The minimum Gasteiger partial charge on any atom is -0.374 e. The molecule has 1 heterocycles. The molecule has 0 aliphatic heterocycles. The van der Waals surface area contributed by atoms with Crippen LogP contribution >= 0.6 is 11.3 Å². The summed E-state index contributed by atoms with van der Waals surface area (Å²) in [7, 11) is 0. The van der Waals surface area contributed by atoms with Gasteiger partial charge in [-0.15, -0.1) is 11.3 Å². The van der Waals surface area contributed by atoms with Gasteiger partial charge in [0, 0.05) is 16.9 Å². The maximum absolute atomic E-state index is 12.3. The average Bonchev–Trinajstić information content (AvgIpc) is 2.94. The first-order valence-electron chi connectivity index (χ1n) is 7.77. The van der Waals surface area contributed by atoms with Gasteiger partial charge >= 0.3 is 0 Å². The quantitative estimate of drug-likeness (QED) is 0.656. The first-order valence-corrected chi connectivity index (χ1v) is 8.58. The predicted octanol–water partition coefficient (Wildman–Crippen LogP) is 3.14. The van der Waals surface area contributed by atoms with Crippen LogP contribution in [0.15, 0.2) is 42.5 Å². The molecule has 0 fully saturated rings. The van der Waals surface area contributed by atoms with E-state index in [0.29, 0.717) is 11.3 Å². The number of anilines is 2. The number of benzene rings is 2. The molecule has 0 aliphatic rings. The van der Waals surface area contributed by atoms with Gasteiger partial charge in [-0.1, -0.05) is 0 Å². The summed E-state index contributed by atoms with van der Waals surface area (Å²) in [6.45, 7) is 3.76. The summed E-state index contributed by atoms with van der Waals surface area (Å²) in [4.78, 5) is 27.8. The molecule has 128 valence electrons. The number of rotatable bonds is 5. The Balaban J connectivity index is 1.65. The first-order chi connectivity index (χ1) is 11.9. The highest BCUT2D eigenvalue weighted by Gasteiger charge is 2.13. The molecule has 0 aliphatic carbocycles. The van der Waals surface area contributed by atoms with Crippen LogP contribution in [0.4, 0.5) is 11.4 Å². The molecule has 0 bridgehead atoms. The normalized spacial score (nSPS) is 11.9. The number of amides is 2. The number of nitrogens with one attached hydrogen (secondary N) is 2. The number of fused-ring (bicyclic) bond motifs is 1. The van der Waals surface area contributed by atoms with Gasteiger partial charge in [0.1, 0.15) is 6.04 Å². The van der Waals surface area contributed by atoms with Gasteiger partial charge < -0.3 is 16.4 Å². The highest BCUT2D eigenvalue weighted by atomic mass is 32.1. The van der Waals surface area contributed by atoms with Crippen LogP contribution in [0.1, 0.15) is 22.3 Å². The maximum atomic E-state index is 12.3. The molecule has 0 radical (unpaired) electrons. The van der Waals surface area contributed by atoms with Gasteiger partial charge in [-0.2, -0.15) is 0 Å². The molecule has 6 nitrogen and oxygen atoms in total. The van der Waals surface area contributed by atoms with Gasteiger partial charge in [-0.3, -0.25) is 9.59 Å². The highest BCUT2D eigenvalue weighted by molar-refractivity contribution is 7.18. The van der Waals surface area contributed by atoms with E-state index in [0.717, 1.165) is 20.9 Å². The lowest BCUT2D eigenvalue weighted by molar-refractivity contribution is -0.116. The number of carbonyl (C=O) groups is 2. The van der Waals surface area contributed by atoms with Gasteiger partial charge in [0.05, 0.1) is 15.2 Å². The minimum absolute atomic E-state index is 0.174. The van der Waals surface area contributed by atoms with E-state index < -0.39 is 11.9 Å². The number of hydrogen-bond acceptors (Lipinski definition) is 5. The summed E-state index contributed by atoms with van der Waals surface area (Å²) in [5.74, 6) is -0.672. The maximum Gasteiger partial charge on any atom is 0.248 e. The number of hydrogen-bond donors (Lipinski definition) is 3. The van der Waals surface area contributed by atoms with E-state index in [9.17, 15) is 9.59 Å². The number of primary amides is 1. The summed E-state index contributed by atoms with van der Waals surface area (Å²) in [5, 5.41) is 7.00. The SMILES string of the molecule is Cc1nc2ccc(N[C@@H](C)C(=O)Nc3ccc(C(N)=O)cc3)cc2s1. The molecule has 1 atom stereocenters. The Labute approximate surface area is 149 Å². The molecule has 0 saturated carbocycles. The molecule has 2 amide bonds. The summed E-state index contributed by atoms with van der Waals surface area (Å²) in [6.07, 6.45) is 0. The fourth-order valence-electron chi connectivity index (χ4n) is 2.41. The third-order valence-corrected chi connectivity index (χ3v) is 4.64. The first kappa shape index (κ1) is 16.9. The topological polar surface area (TPSA) is 97.1 Å². The molecule has 0 unspecified atom stereocenters. The van der Waals surface area contributed by atoms with Gasteiger partial charge in [0.2, 0.25) is 11.8 Å². The second-order valence-electron chi connectivity index (χ2n) is 5.71. The predicted molar refractivity (Wildman–Crippen MR) is 101 cm³/mol. The number of thiazole rings is 1. The van der Waals surface area contributed by atoms with Gasteiger partial charge in [-0.05, 0) is 56.3 Å². The van der Waals surface area contributed by atoms with Crippen molar-refractivity contribution in [1.29, 1.82) is 0 Å². The summed E-state index contributed by atoms with van der Waals surface area (Å²) in [6, 6.07) is 11.9. The van der Waals surface area contributed by atoms with E-state index in [-0.39, 0.29) is 5.91 Å². The largest absolute Gasteiger partial charge is 0.374 e. The standard InChI is InChI=1S/C18H18N4O2S/c1-10(18(24)22-13-5-3-12(4-6-13)17(19)23)20-14-7-8-15-16(9-14)25-11(2)21-15/h3-10,20H,1-2H3,(H2,19,23)(H,22,24)/t10-/m0/s1. The van der Waals surface area contributed by atoms with Crippen molar-refractivity contribution in [2.75, 3.05) is 10.6 Å². The lowest BCUT2D eigenvalue weighted by Crippen LogP contribution is -2.31. The van der Waals surface area contributed by atoms with Crippen molar-refractivity contribution in [3.05, 3.63) is 53.0 Å². The van der Waals surface area contributed by atoms with Gasteiger partial charge in [-0.25, -0.2) is 4.98 Å². The van der Waals surface area contributed by atoms with Crippen molar-refractivity contribution in [3.8, 4) is 0 Å². The number of aryl methyl sites for hydroxylation is 1. The molecule has 3 aromatic rings. The van der Waals surface area contributed by atoms with E-state index in [1.807, 2.05) is 25.1 Å². The molecular formula is C18H18N4O2S. The number of aromatic nitrogens is 1. The second kappa shape index (κ2) is 6.90. The fraction of sp³-hybridized carbons (Fsp3) is 0.167. The lowest BCUT2D eigenvalue weighted by Gasteiger charge is -2.15. The van der Waals surface area contributed by atoms with Crippen LogP contribution in [0.2, 0.25) is 0 Å². The van der Waals surface area contributed by atoms with Crippen molar-refractivity contribution in [2.24, 2.45) is 5.73 Å². The third-order valence-electron chi connectivity index (χ3n) is 3.71. The van der Waals surface area contributed by atoms with Crippen molar-refractivity contribution in [1.82, 2.24) is 4.98 Å². The number of carbonyl (C=O) groups excluding carboxylic acids is 2. The van der Waals surface area contributed by atoms with Crippen molar-refractivity contribution >= 4 is 44.7 Å². The van der Waals surface area contributed by atoms with Crippen molar-refractivity contribution in [3.63, 3.8) is 0 Å². The molecule has 4 N–H and O–H groups in total. The minimum atomic E-state index is -0.499. The van der Waals surface area contributed by atoms with E-state index in [1.165, 1.54) is 0 Å². The van der Waals surface area contributed by atoms with E-state index >= 15 is 0 Å². The zero-order valence-corrected chi connectivity index (χ0v) is 14.7. The lowest BCUT2D eigenvalue weighted by atomic mass is 10.2. The molecular weight excluding hydrogens is 336 g/mol. The monoisotopic (exact) mass is 354 g/mol. The van der Waals surface area contributed by atoms with Crippen LogP contribution in [-0.4, -0.2) is 22.8 Å². The third kappa shape index (κ3) is 3.95. The molecule has 1 aromatic heterocycles. The molecule has 0 saturated heterocycles. The van der Waals surface area contributed by atoms with Crippen LogP contribution in [0.5, 0.6) is 0 Å². The number of nitrogens with zero attached hydrogens (tertiary/aromatic N) is 1. The Morgan fingerprint density at radius 1 is 1.12 bits per heavy atom. The number of nitrogens with two attached hydrogens (primary N) is 1. The smallest absolute Gasteiger partial charge is 0.248 e. The van der Waals surface area contributed by atoms with E-state index in [1.54, 1.807) is 42.5 Å². The molecule has 2 aromatic carbocycles. The van der Waals surface area contributed by atoms with Crippen molar-refractivity contribution < 1.29 is 9.59 Å². The zero-order valence-electron chi connectivity index (χ0n) is 13.9. The summed E-state index contributed by atoms with van der Waals surface area (Å²) < 4.78 is 1.08. The van der Waals surface area contributed by atoms with Crippen LogP contribution in [-0.2, 0) is 4.79 Å². The highest BCUT2D eigenvalue weighted by Crippen LogP contribution is 2.25. The van der Waals surface area contributed by atoms with Gasteiger partial charge in [0.25, 0.3) is 0 Å². The Hall–Kier alpha value is -2.93. The Bertz CT molecular complexity index is 934. The van der Waals surface area contributed by atoms with Crippen LogP contribution in [0.3, 0.4) is 0 Å². The molecule has 25 heavy (non-hydrogen) atoms. The van der Waals surface area contributed by atoms with Crippen molar-refractivity contribution in [2.45, 2.75) is 19.9 Å². The summed E-state index contributed by atoms with van der Waals surface area (Å²) >= 11 is 1.62. The van der Waals surface area contributed by atoms with Crippen LogP contribution < -0.4 is 16.4 Å². The van der Waals surface area contributed by atoms with E-state index in [4.69, 9.17) is 5.73 Å². The molecule has 3 rings (SSSR count). The Morgan fingerprint density at radius 3 is 2.48 bits per heavy atom. The van der Waals surface area contributed by atoms with Crippen LogP contribution in [0, 0.1) is 6.92 Å². The average molecular weight is 354 g/mol. The van der Waals surface area contributed by atoms with E-state index in [2.05, 4.69) is 15.6 Å².